The van der Waals surface area contributed by atoms with Gasteiger partial charge in [0.2, 0.25) is 0 Å². The van der Waals surface area contributed by atoms with Gasteiger partial charge in [-0.25, -0.2) is 0 Å². The van der Waals surface area contributed by atoms with E-state index < -0.39 is 0 Å². The van der Waals surface area contributed by atoms with Gasteiger partial charge in [-0.2, -0.15) is 0 Å². The first-order chi connectivity index (χ1) is 14.7. The average molecular weight is 549 g/mol. The maximum Gasteiger partial charge on any atom is -0.0351 e. The van der Waals surface area contributed by atoms with E-state index in [1.54, 1.807) is 0 Å². The molecule has 0 rings (SSSR count). The second-order valence-electron chi connectivity index (χ2n) is 8.19. The molecule has 0 nitrogen and oxygen atoms in total. The average Bonchev–Trinajstić information content (AvgIpc) is 2.77. The summed E-state index contributed by atoms with van der Waals surface area (Å²) in [6.45, 7) is 13.3. The van der Waals surface area contributed by atoms with E-state index in [9.17, 15) is 0 Å². The Balaban J connectivity index is -0.000000174. The minimum atomic E-state index is 0. The second-order valence-corrected chi connectivity index (χ2v) is 8.19. The van der Waals surface area contributed by atoms with Crippen molar-refractivity contribution in [1.29, 1.82) is 0 Å². The van der Waals surface area contributed by atoms with Crippen LogP contribution >= 0.6 is 24.0 Å². The molecule has 0 amide bonds. The lowest BCUT2D eigenvalue weighted by molar-refractivity contribution is 0.674. The fraction of sp³-hybridized carbons (Fsp3) is 0.800. The first-order valence-corrected chi connectivity index (χ1v) is 13.7. The Kier molecular flexibility index (Phi) is 54.0. The van der Waals surface area contributed by atoms with Crippen LogP contribution in [0.1, 0.15) is 157 Å². The highest BCUT2D eigenvalue weighted by atomic mass is 127. The van der Waals surface area contributed by atoms with Gasteiger partial charge in [0.05, 0.1) is 0 Å². The van der Waals surface area contributed by atoms with Crippen molar-refractivity contribution < 1.29 is 0 Å². The molecule has 0 unspecified atom stereocenters. The van der Waals surface area contributed by atoms with Gasteiger partial charge in [0, 0.05) is 0 Å². The zero-order valence-electron chi connectivity index (χ0n) is 22.6. The molecule has 31 heavy (non-hydrogen) atoms. The molecule has 0 bridgehead atoms. The summed E-state index contributed by atoms with van der Waals surface area (Å²) in [5.41, 5.74) is 0. The number of rotatable bonds is 18. The normalized spacial score (nSPS) is 10.6. The van der Waals surface area contributed by atoms with Gasteiger partial charge in [-0.1, -0.05) is 136 Å². The molecule has 0 saturated carbocycles. The summed E-state index contributed by atoms with van der Waals surface area (Å²) in [5, 5.41) is 0. The summed E-state index contributed by atoms with van der Waals surface area (Å²) in [4.78, 5) is 0. The summed E-state index contributed by atoms with van der Waals surface area (Å²) >= 11 is 0. The standard InChI is InChI=1S/3C10H20.HI/c3*1-3-5-7-9-10-8-6-4-2;/h3*5,7H,3-4,6,8-10H2,1-2H3;1H/b3*7-5+;. The van der Waals surface area contributed by atoms with Crippen molar-refractivity contribution in [3.05, 3.63) is 36.5 Å². The topological polar surface area (TPSA) is 0 Å². The van der Waals surface area contributed by atoms with Crippen molar-refractivity contribution in [1.82, 2.24) is 0 Å². The van der Waals surface area contributed by atoms with Gasteiger partial charge in [0.25, 0.3) is 0 Å². The number of hydrogen-bond acceptors (Lipinski definition) is 0. The van der Waals surface area contributed by atoms with Crippen molar-refractivity contribution in [3.8, 4) is 0 Å². The number of halogens is 1. The predicted octanol–water partition coefficient (Wildman–Crippen LogP) is 12.4. The molecule has 0 fully saturated rings. The molecule has 0 aliphatic rings. The first-order valence-electron chi connectivity index (χ1n) is 13.7. The third kappa shape index (κ3) is 53.3. The predicted molar refractivity (Wildman–Crippen MR) is 160 cm³/mol. The summed E-state index contributed by atoms with van der Waals surface area (Å²) in [5.74, 6) is 0. The Morgan fingerprint density at radius 1 is 0.323 bits per heavy atom. The molecule has 0 heterocycles. The highest BCUT2D eigenvalue weighted by molar-refractivity contribution is 14.0. The van der Waals surface area contributed by atoms with Gasteiger partial charge in [-0.15, -0.1) is 24.0 Å². The van der Waals surface area contributed by atoms with Gasteiger partial charge >= 0.3 is 0 Å². The smallest absolute Gasteiger partial charge is 0.0351 e. The van der Waals surface area contributed by atoms with Crippen LogP contribution in [0.5, 0.6) is 0 Å². The molecule has 0 aromatic carbocycles. The van der Waals surface area contributed by atoms with Crippen LogP contribution < -0.4 is 0 Å². The zero-order chi connectivity index (χ0) is 23.0. The van der Waals surface area contributed by atoms with Crippen LogP contribution in [0.4, 0.5) is 0 Å². The van der Waals surface area contributed by atoms with E-state index in [1.165, 1.54) is 116 Å². The molecule has 0 aliphatic carbocycles. The van der Waals surface area contributed by atoms with Crippen LogP contribution in [-0.2, 0) is 0 Å². The lowest BCUT2D eigenvalue weighted by Crippen LogP contribution is -1.73. The molecule has 0 N–H and O–H groups in total. The van der Waals surface area contributed by atoms with E-state index in [1.807, 2.05) is 0 Å². The molecule has 188 valence electrons. The maximum atomic E-state index is 2.30. The van der Waals surface area contributed by atoms with Gasteiger partial charge in [0.15, 0.2) is 0 Å². The number of unbranched alkanes of at least 4 members (excludes halogenated alkanes) is 12. The zero-order valence-corrected chi connectivity index (χ0v) is 24.9. The molecule has 0 aliphatic heterocycles. The van der Waals surface area contributed by atoms with Crippen molar-refractivity contribution in [3.63, 3.8) is 0 Å². The molecule has 0 spiro atoms. The molecule has 0 aromatic heterocycles. The quantitative estimate of drug-likeness (QED) is 0.0908. The van der Waals surface area contributed by atoms with Gasteiger partial charge in [-0.05, 0) is 57.8 Å². The van der Waals surface area contributed by atoms with E-state index in [4.69, 9.17) is 0 Å². The van der Waals surface area contributed by atoms with Gasteiger partial charge < -0.3 is 0 Å². The molecular weight excluding hydrogens is 487 g/mol. The van der Waals surface area contributed by atoms with Crippen LogP contribution in [0.15, 0.2) is 36.5 Å². The van der Waals surface area contributed by atoms with E-state index in [0.717, 1.165) is 0 Å². The molecule has 0 radical (unpaired) electrons. The lowest BCUT2D eigenvalue weighted by atomic mass is 10.1. The fourth-order valence-electron chi connectivity index (χ4n) is 2.92. The number of hydrogen-bond donors (Lipinski definition) is 0. The largest absolute Gasteiger partial charge is 0.107 e. The van der Waals surface area contributed by atoms with E-state index in [-0.39, 0.29) is 24.0 Å². The third-order valence-electron chi connectivity index (χ3n) is 4.88. The molecule has 0 atom stereocenters. The minimum absolute atomic E-state index is 0. The second kappa shape index (κ2) is 43.8. The number of allylic oxidation sites excluding steroid dienone is 6. The lowest BCUT2D eigenvalue weighted by Gasteiger charge is -1.92. The van der Waals surface area contributed by atoms with Crippen LogP contribution in [0.2, 0.25) is 0 Å². The van der Waals surface area contributed by atoms with Crippen molar-refractivity contribution in [2.24, 2.45) is 0 Å². The fourth-order valence-corrected chi connectivity index (χ4v) is 2.92. The monoisotopic (exact) mass is 548 g/mol. The van der Waals surface area contributed by atoms with E-state index in [0.29, 0.717) is 0 Å². The van der Waals surface area contributed by atoms with E-state index >= 15 is 0 Å². The van der Waals surface area contributed by atoms with Gasteiger partial charge in [-0.3, -0.25) is 0 Å². The summed E-state index contributed by atoms with van der Waals surface area (Å²) in [7, 11) is 0. The summed E-state index contributed by atoms with van der Waals surface area (Å²) in [6.07, 6.45) is 37.7. The van der Waals surface area contributed by atoms with Crippen LogP contribution in [0.25, 0.3) is 0 Å². The summed E-state index contributed by atoms with van der Waals surface area (Å²) < 4.78 is 0. The Hall–Kier alpha value is -0.0500. The van der Waals surface area contributed by atoms with Crippen molar-refractivity contribution >= 4 is 24.0 Å². The van der Waals surface area contributed by atoms with Crippen LogP contribution in [0.3, 0.4) is 0 Å². The van der Waals surface area contributed by atoms with Crippen molar-refractivity contribution in [2.45, 2.75) is 157 Å². The molecule has 1 heteroatoms. The van der Waals surface area contributed by atoms with Gasteiger partial charge in [0.1, 0.15) is 0 Å². The summed E-state index contributed by atoms with van der Waals surface area (Å²) in [6, 6.07) is 0. The Bertz CT molecular complexity index is 275. The Labute approximate surface area is 216 Å². The molecule has 0 aromatic rings. The third-order valence-corrected chi connectivity index (χ3v) is 4.88. The van der Waals surface area contributed by atoms with Crippen LogP contribution in [-0.4, -0.2) is 0 Å². The first kappa shape index (κ1) is 38.2. The highest BCUT2D eigenvalue weighted by Gasteiger charge is 1.84. The van der Waals surface area contributed by atoms with Crippen molar-refractivity contribution in [2.75, 3.05) is 0 Å². The molecular formula is C30H61I. The highest BCUT2D eigenvalue weighted by Crippen LogP contribution is 2.04. The molecule has 0 saturated heterocycles. The minimum Gasteiger partial charge on any atom is -0.107 e. The van der Waals surface area contributed by atoms with E-state index in [2.05, 4.69) is 78.0 Å². The SMILES string of the molecule is CC/C=C/CCCCCC.CC/C=C/CCCCCC.CC/C=C/CCCCCC.I. The maximum absolute atomic E-state index is 2.30. The van der Waals surface area contributed by atoms with Crippen LogP contribution in [0, 0.1) is 0 Å². The Morgan fingerprint density at radius 3 is 0.774 bits per heavy atom. The Morgan fingerprint density at radius 2 is 0.581 bits per heavy atom.